The van der Waals surface area contributed by atoms with Gasteiger partial charge in [-0.3, -0.25) is 0 Å². The first-order chi connectivity index (χ1) is 4.74. The van der Waals surface area contributed by atoms with Gasteiger partial charge in [0.15, 0.2) is 0 Å². The van der Waals surface area contributed by atoms with Crippen molar-refractivity contribution in [2.75, 3.05) is 7.11 Å². The molecule has 0 saturated carbocycles. The second kappa shape index (κ2) is 2.56. The van der Waals surface area contributed by atoms with E-state index in [-0.39, 0.29) is 5.75 Å². The number of ether oxygens (including phenoxy) is 1. The lowest BCUT2D eigenvalue weighted by atomic mass is 10.3. The molecule has 0 atom stereocenters. The molecule has 0 amide bonds. The molecule has 0 bridgehead atoms. The molecule has 1 N–H and O–H groups in total. The number of aryl methyl sites for hydroxylation is 1. The second-order valence-corrected chi connectivity index (χ2v) is 2.01. The third-order valence-electron chi connectivity index (χ3n) is 1.27. The zero-order valence-electron chi connectivity index (χ0n) is 5.96. The zero-order chi connectivity index (χ0) is 7.56. The van der Waals surface area contributed by atoms with Crippen molar-refractivity contribution in [2.45, 2.75) is 6.92 Å². The molecule has 1 rings (SSSR count). The minimum atomic E-state index is 0.195. The van der Waals surface area contributed by atoms with Gasteiger partial charge in [0.05, 0.1) is 13.3 Å². The molecule has 10 heavy (non-hydrogen) atoms. The van der Waals surface area contributed by atoms with Crippen LogP contribution in [0.25, 0.3) is 0 Å². The smallest absolute Gasteiger partial charge is 0.213 e. The summed E-state index contributed by atoms with van der Waals surface area (Å²) in [5, 5.41) is 9.02. The zero-order valence-corrected chi connectivity index (χ0v) is 5.96. The quantitative estimate of drug-likeness (QED) is 0.633. The van der Waals surface area contributed by atoms with Crippen LogP contribution in [0.1, 0.15) is 5.56 Å². The lowest BCUT2D eigenvalue weighted by Gasteiger charge is -2.00. The fraction of sp³-hybridized carbons (Fsp3) is 0.286. The number of methoxy groups -OCH3 is 1. The van der Waals surface area contributed by atoms with E-state index in [4.69, 9.17) is 9.84 Å². The van der Waals surface area contributed by atoms with Crippen molar-refractivity contribution in [3.05, 3.63) is 17.8 Å². The lowest BCUT2D eigenvalue weighted by molar-refractivity contribution is 0.393. The topological polar surface area (TPSA) is 42.4 Å². The number of aromatic hydroxyl groups is 1. The molecule has 54 valence electrons. The minimum Gasteiger partial charge on any atom is -0.506 e. The predicted molar refractivity (Wildman–Crippen MR) is 37.2 cm³/mol. The van der Waals surface area contributed by atoms with Gasteiger partial charge in [0.25, 0.3) is 0 Å². The van der Waals surface area contributed by atoms with Crippen molar-refractivity contribution in [3.63, 3.8) is 0 Å². The highest BCUT2D eigenvalue weighted by Gasteiger charge is 1.97. The van der Waals surface area contributed by atoms with Gasteiger partial charge in [-0.15, -0.1) is 0 Å². The summed E-state index contributed by atoms with van der Waals surface area (Å²) in [5.41, 5.74) is 0.770. The van der Waals surface area contributed by atoms with Crippen molar-refractivity contribution < 1.29 is 9.84 Å². The summed E-state index contributed by atoms with van der Waals surface area (Å²) >= 11 is 0. The fourth-order valence-electron chi connectivity index (χ4n) is 0.635. The number of hydrogen-bond acceptors (Lipinski definition) is 3. The van der Waals surface area contributed by atoms with Gasteiger partial charge in [0.1, 0.15) is 5.75 Å². The predicted octanol–water partition coefficient (Wildman–Crippen LogP) is 1.10. The molecule has 3 heteroatoms. The number of hydrogen-bond donors (Lipinski definition) is 1. The van der Waals surface area contributed by atoms with Crippen LogP contribution in [0.3, 0.4) is 0 Å². The molecule has 1 aromatic rings. The maximum Gasteiger partial charge on any atom is 0.213 e. The minimum absolute atomic E-state index is 0.195. The maximum absolute atomic E-state index is 9.02. The average Bonchev–Trinajstić information content (AvgIpc) is 1.95. The molecule has 0 aromatic carbocycles. The molecule has 1 aromatic heterocycles. The van der Waals surface area contributed by atoms with E-state index in [0.29, 0.717) is 5.88 Å². The van der Waals surface area contributed by atoms with E-state index in [0.717, 1.165) is 5.56 Å². The molecule has 3 nitrogen and oxygen atoms in total. The van der Waals surface area contributed by atoms with E-state index in [1.54, 1.807) is 20.1 Å². The van der Waals surface area contributed by atoms with E-state index in [9.17, 15) is 0 Å². The summed E-state index contributed by atoms with van der Waals surface area (Å²) in [6.45, 7) is 1.79. The van der Waals surface area contributed by atoms with E-state index < -0.39 is 0 Å². The molecule has 0 spiro atoms. The monoisotopic (exact) mass is 139 g/mol. The van der Waals surface area contributed by atoms with E-state index >= 15 is 0 Å². The number of pyridine rings is 1. The van der Waals surface area contributed by atoms with Crippen molar-refractivity contribution in [1.82, 2.24) is 4.98 Å². The highest BCUT2D eigenvalue weighted by Crippen LogP contribution is 2.17. The summed E-state index contributed by atoms with van der Waals surface area (Å²) in [7, 11) is 1.54. The summed E-state index contributed by atoms with van der Waals surface area (Å²) in [4.78, 5) is 3.79. The molecule has 0 aliphatic carbocycles. The molecule has 0 saturated heterocycles. The van der Waals surface area contributed by atoms with E-state index in [2.05, 4.69) is 4.98 Å². The normalized spacial score (nSPS) is 9.40. The lowest BCUT2D eigenvalue weighted by Crippen LogP contribution is -1.87. The van der Waals surface area contributed by atoms with Crippen molar-refractivity contribution in [2.24, 2.45) is 0 Å². The fourth-order valence-corrected chi connectivity index (χ4v) is 0.635. The summed E-state index contributed by atoms with van der Waals surface area (Å²) in [5.74, 6) is 0.719. The van der Waals surface area contributed by atoms with Gasteiger partial charge in [-0.05, 0) is 12.5 Å². The van der Waals surface area contributed by atoms with Crippen LogP contribution >= 0.6 is 0 Å². The SMILES string of the molecule is COc1cc(C)c(O)cn1. The Morgan fingerprint density at radius 1 is 1.60 bits per heavy atom. The number of nitrogens with zero attached hydrogens (tertiary/aromatic N) is 1. The van der Waals surface area contributed by atoms with Crippen LogP contribution in [0.15, 0.2) is 12.3 Å². The number of aromatic nitrogens is 1. The van der Waals surface area contributed by atoms with Crippen LogP contribution in [-0.4, -0.2) is 17.2 Å². The molecule has 0 radical (unpaired) electrons. The Labute approximate surface area is 59.3 Å². The molecular weight excluding hydrogens is 130 g/mol. The van der Waals surface area contributed by atoms with Gasteiger partial charge >= 0.3 is 0 Å². The van der Waals surface area contributed by atoms with Crippen LogP contribution < -0.4 is 4.74 Å². The highest BCUT2D eigenvalue weighted by atomic mass is 16.5. The summed E-state index contributed by atoms with van der Waals surface area (Å²) in [6, 6.07) is 1.68. The Morgan fingerprint density at radius 3 is 2.80 bits per heavy atom. The van der Waals surface area contributed by atoms with Crippen LogP contribution in [0.5, 0.6) is 11.6 Å². The van der Waals surface area contributed by atoms with Gasteiger partial charge in [-0.1, -0.05) is 0 Å². The Bertz CT molecular complexity index is 235. The van der Waals surface area contributed by atoms with Gasteiger partial charge in [-0.25, -0.2) is 4.98 Å². The van der Waals surface area contributed by atoms with Gasteiger partial charge in [0.2, 0.25) is 5.88 Å². The Kier molecular flexibility index (Phi) is 1.76. The standard InChI is InChI=1S/C7H9NO2/c1-5-3-7(10-2)8-4-6(5)9/h3-4,9H,1-2H3. The van der Waals surface area contributed by atoms with Gasteiger partial charge in [0, 0.05) is 6.07 Å². The Morgan fingerprint density at radius 2 is 2.30 bits per heavy atom. The van der Waals surface area contributed by atoms with Gasteiger partial charge < -0.3 is 9.84 Å². The van der Waals surface area contributed by atoms with E-state index in [1.165, 1.54) is 6.20 Å². The van der Waals surface area contributed by atoms with Crippen LogP contribution in [-0.2, 0) is 0 Å². The van der Waals surface area contributed by atoms with E-state index in [1.807, 2.05) is 0 Å². The maximum atomic E-state index is 9.02. The van der Waals surface area contributed by atoms with Crippen molar-refractivity contribution in [3.8, 4) is 11.6 Å². The Balaban J connectivity index is 3.04. The first-order valence-corrected chi connectivity index (χ1v) is 2.93. The molecule has 0 aliphatic heterocycles. The van der Waals surface area contributed by atoms with Gasteiger partial charge in [-0.2, -0.15) is 0 Å². The summed E-state index contributed by atoms with van der Waals surface area (Å²) < 4.78 is 4.83. The first kappa shape index (κ1) is 6.86. The first-order valence-electron chi connectivity index (χ1n) is 2.93. The van der Waals surface area contributed by atoms with Crippen LogP contribution in [0.2, 0.25) is 0 Å². The molecule has 0 aliphatic rings. The number of rotatable bonds is 1. The van der Waals surface area contributed by atoms with Crippen molar-refractivity contribution >= 4 is 0 Å². The van der Waals surface area contributed by atoms with Crippen LogP contribution in [0, 0.1) is 6.92 Å². The highest BCUT2D eigenvalue weighted by molar-refractivity contribution is 5.31. The van der Waals surface area contributed by atoms with Crippen molar-refractivity contribution in [1.29, 1.82) is 0 Å². The molecule has 0 fully saturated rings. The largest absolute Gasteiger partial charge is 0.506 e. The third kappa shape index (κ3) is 1.18. The molecular formula is C7H9NO2. The third-order valence-corrected chi connectivity index (χ3v) is 1.27. The second-order valence-electron chi connectivity index (χ2n) is 2.01. The molecule has 0 unspecified atom stereocenters. The average molecular weight is 139 g/mol. The Hall–Kier alpha value is -1.25. The van der Waals surface area contributed by atoms with Crippen LogP contribution in [0.4, 0.5) is 0 Å². The summed E-state index contributed by atoms with van der Waals surface area (Å²) in [6.07, 6.45) is 1.37. The molecule has 1 heterocycles.